The first-order chi connectivity index (χ1) is 11.2. The predicted octanol–water partition coefficient (Wildman–Crippen LogP) is 3.21. The fourth-order valence-electron chi connectivity index (χ4n) is 2.27. The van der Waals surface area contributed by atoms with Crippen molar-refractivity contribution in [2.75, 3.05) is 19.8 Å². The lowest BCUT2D eigenvalue weighted by Gasteiger charge is -2.20. The van der Waals surface area contributed by atoms with Crippen molar-refractivity contribution < 1.29 is 14.3 Å². The summed E-state index contributed by atoms with van der Waals surface area (Å²) in [5, 5.41) is 8.18. The highest BCUT2D eigenvalue weighted by Gasteiger charge is 2.16. The number of amides is 2. The van der Waals surface area contributed by atoms with E-state index >= 15 is 0 Å². The average Bonchev–Trinajstić information content (AvgIpc) is 3.06. The molecule has 2 amide bonds. The van der Waals surface area contributed by atoms with E-state index in [0.29, 0.717) is 49.2 Å². The minimum atomic E-state index is -0.179. The van der Waals surface area contributed by atoms with Gasteiger partial charge in [-0.25, -0.2) is 4.79 Å². The summed E-state index contributed by atoms with van der Waals surface area (Å²) in [4.78, 5) is 12.9. The molecule has 0 bridgehead atoms. The lowest BCUT2D eigenvalue weighted by atomic mass is 10.1. The Hall–Kier alpha value is -1.92. The van der Waals surface area contributed by atoms with Crippen LogP contribution in [0.1, 0.15) is 10.4 Å². The SMILES string of the molecule is O=C(NCCc1cc(Cl)c2c(c1)OCCO2)NCc1cccs1. The number of thiophene rings is 1. The van der Waals surface area contributed by atoms with Crippen LogP contribution in [0.15, 0.2) is 29.6 Å². The highest BCUT2D eigenvalue weighted by molar-refractivity contribution is 7.09. The van der Waals surface area contributed by atoms with Crippen LogP contribution in [0, 0.1) is 0 Å². The molecule has 0 fully saturated rings. The first kappa shape index (κ1) is 16.0. The van der Waals surface area contributed by atoms with Crippen molar-refractivity contribution in [3.8, 4) is 11.5 Å². The maximum absolute atomic E-state index is 11.7. The number of hydrogen-bond donors (Lipinski definition) is 2. The van der Waals surface area contributed by atoms with Crippen LogP contribution in [0.2, 0.25) is 5.02 Å². The quantitative estimate of drug-likeness (QED) is 0.868. The van der Waals surface area contributed by atoms with Crippen molar-refractivity contribution in [2.24, 2.45) is 0 Å². The predicted molar refractivity (Wildman–Crippen MR) is 90.7 cm³/mol. The van der Waals surface area contributed by atoms with Crippen LogP contribution in [0.5, 0.6) is 11.5 Å². The van der Waals surface area contributed by atoms with Crippen molar-refractivity contribution in [1.82, 2.24) is 10.6 Å². The van der Waals surface area contributed by atoms with E-state index in [0.717, 1.165) is 10.4 Å². The summed E-state index contributed by atoms with van der Waals surface area (Å²) in [7, 11) is 0. The topological polar surface area (TPSA) is 59.6 Å². The second-order valence-electron chi connectivity index (χ2n) is 5.04. The number of benzene rings is 1. The molecular formula is C16H17ClN2O3S. The van der Waals surface area contributed by atoms with Crippen LogP contribution in [0.25, 0.3) is 0 Å². The van der Waals surface area contributed by atoms with E-state index < -0.39 is 0 Å². The molecule has 2 heterocycles. The first-order valence-electron chi connectivity index (χ1n) is 7.34. The zero-order valence-corrected chi connectivity index (χ0v) is 14.0. The average molecular weight is 353 g/mol. The Morgan fingerprint density at radius 1 is 1.26 bits per heavy atom. The van der Waals surface area contributed by atoms with Crippen molar-refractivity contribution in [3.05, 3.63) is 45.1 Å². The molecule has 3 rings (SSSR count). The molecule has 2 N–H and O–H groups in total. The van der Waals surface area contributed by atoms with Gasteiger partial charge in [0, 0.05) is 11.4 Å². The molecule has 1 aliphatic rings. The molecule has 23 heavy (non-hydrogen) atoms. The monoisotopic (exact) mass is 352 g/mol. The number of nitrogens with one attached hydrogen (secondary N) is 2. The Morgan fingerprint density at radius 2 is 2.13 bits per heavy atom. The van der Waals surface area contributed by atoms with Crippen LogP contribution >= 0.6 is 22.9 Å². The normalized spacial score (nSPS) is 12.7. The zero-order chi connectivity index (χ0) is 16.1. The van der Waals surface area contributed by atoms with Gasteiger partial charge in [-0.2, -0.15) is 0 Å². The van der Waals surface area contributed by atoms with Gasteiger partial charge in [-0.3, -0.25) is 0 Å². The number of rotatable bonds is 5. The van der Waals surface area contributed by atoms with Crippen molar-refractivity contribution >= 4 is 29.0 Å². The molecule has 7 heteroatoms. The summed E-state index contributed by atoms with van der Waals surface area (Å²) in [5.41, 5.74) is 0.998. The second-order valence-corrected chi connectivity index (χ2v) is 6.48. The molecule has 0 radical (unpaired) electrons. The van der Waals surface area contributed by atoms with Crippen LogP contribution in [0.3, 0.4) is 0 Å². The molecule has 0 saturated carbocycles. The molecule has 0 atom stereocenters. The second kappa shape index (κ2) is 7.57. The van der Waals surface area contributed by atoms with Gasteiger partial charge in [-0.15, -0.1) is 11.3 Å². The molecule has 1 aliphatic heterocycles. The Morgan fingerprint density at radius 3 is 2.96 bits per heavy atom. The molecule has 0 spiro atoms. The maximum atomic E-state index is 11.7. The Labute approximate surface area is 143 Å². The zero-order valence-electron chi connectivity index (χ0n) is 12.4. The van der Waals surface area contributed by atoms with E-state index in [1.807, 2.05) is 29.6 Å². The van der Waals surface area contributed by atoms with Crippen molar-refractivity contribution in [3.63, 3.8) is 0 Å². The molecule has 0 unspecified atom stereocenters. The van der Waals surface area contributed by atoms with Crippen molar-refractivity contribution in [1.29, 1.82) is 0 Å². The third-order valence-electron chi connectivity index (χ3n) is 3.36. The highest BCUT2D eigenvalue weighted by atomic mass is 35.5. The Bertz CT molecular complexity index is 676. The van der Waals surface area contributed by atoms with Gasteiger partial charge in [-0.1, -0.05) is 17.7 Å². The number of hydrogen-bond acceptors (Lipinski definition) is 4. The molecule has 122 valence electrons. The number of ether oxygens (including phenoxy) is 2. The van der Waals surface area contributed by atoms with Gasteiger partial charge in [0.05, 0.1) is 11.6 Å². The Kier molecular flexibility index (Phi) is 5.25. The number of urea groups is 1. The lowest BCUT2D eigenvalue weighted by Crippen LogP contribution is -2.36. The van der Waals surface area contributed by atoms with E-state index in [1.54, 1.807) is 11.3 Å². The van der Waals surface area contributed by atoms with E-state index in [4.69, 9.17) is 21.1 Å². The minimum absolute atomic E-state index is 0.179. The van der Waals surface area contributed by atoms with Crippen LogP contribution in [-0.4, -0.2) is 25.8 Å². The standard InChI is InChI=1S/C16H17ClN2O3S/c17-13-8-11(9-14-15(13)22-6-5-21-14)3-4-18-16(20)19-10-12-2-1-7-23-12/h1-2,7-9H,3-6,10H2,(H2,18,19,20). The maximum Gasteiger partial charge on any atom is 0.315 e. The van der Waals surface area contributed by atoms with Gasteiger partial charge in [0.1, 0.15) is 13.2 Å². The summed E-state index contributed by atoms with van der Waals surface area (Å²) in [5.74, 6) is 1.27. The number of fused-ring (bicyclic) bond motifs is 1. The number of halogens is 1. The molecular weight excluding hydrogens is 336 g/mol. The highest BCUT2D eigenvalue weighted by Crippen LogP contribution is 2.38. The van der Waals surface area contributed by atoms with Gasteiger partial charge >= 0.3 is 6.03 Å². The van der Waals surface area contributed by atoms with E-state index in [9.17, 15) is 4.79 Å². The number of carbonyl (C=O) groups excluding carboxylic acids is 1. The fraction of sp³-hybridized carbons (Fsp3) is 0.312. The summed E-state index contributed by atoms with van der Waals surface area (Å²) in [6, 6.07) is 7.53. The molecule has 0 saturated heterocycles. The fourth-order valence-corrected chi connectivity index (χ4v) is 3.20. The van der Waals surface area contributed by atoms with Gasteiger partial charge < -0.3 is 20.1 Å². The smallest absolute Gasteiger partial charge is 0.315 e. The molecule has 2 aromatic rings. The van der Waals surface area contributed by atoms with Crippen LogP contribution in [-0.2, 0) is 13.0 Å². The molecule has 5 nitrogen and oxygen atoms in total. The summed E-state index contributed by atoms with van der Waals surface area (Å²) in [6.07, 6.45) is 0.669. The van der Waals surface area contributed by atoms with Gasteiger partial charge in [0.2, 0.25) is 0 Å². The third kappa shape index (κ3) is 4.30. The number of carbonyl (C=O) groups is 1. The molecule has 1 aromatic heterocycles. The summed E-state index contributed by atoms with van der Waals surface area (Å²) in [6.45, 7) is 2.10. The van der Waals surface area contributed by atoms with Gasteiger partial charge in [-0.05, 0) is 35.6 Å². The molecule has 1 aromatic carbocycles. The summed E-state index contributed by atoms with van der Waals surface area (Å²) < 4.78 is 11.0. The van der Waals surface area contributed by atoms with E-state index in [-0.39, 0.29) is 6.03 Å². The van der Waals surface area contributed by atoms with E-state index in [1.165, 1.54) is 0 Å². The lowest BCUT2D eigenvalue weighted by molar-refractivity contribution is 0.171. The van der Waals surface area contributed by atoms with Crippen LogP contribution in [0.4, 0.5) is 4.79 Å². The third-order valence-corrected chi connectivity index (χ3v) is 4.52. The Balaban J connectivity index is 1.47. The first-order valence-corrected chi connectivity index (χ1v) is 8.60. The van der Waals surface area contributed by atoms with Crippen molar-refractivity contribution in [2.45, 2.75) is 13.0 Å². The van der Waals surface area contributed by atoms with Crippen LogP contribution < -0.4 is 20.1 Å². The van der Waals surface area contributed by atoms with Gasteiger partial charge in [0.25, 0.3) is 0 Å². The minimum Gasteiger partial charge on any atom is -0.486 e. The molecule has 0 aliphatic carbocycles. The van der Waals surface area contributed by atoms with Gasteiger partial charge in [0.15, 0.2) is 11.5 Å². The summed E-state index contributed by atoms with van der Waals surface area (Å²) >= 11 is 7.81. The van der Waals surface area contributed by atoms with E-state index in [2.05, 4.69) is 10.6 Å². The largest absolute Gasteiger partial charge is 0.486 e.